The van der Waals surface area contributed by atoms with Crippen LogP contribution in [0.25, 0.3) is 0 Å². The summed E-state index contributed by atoms with van der Waals surface area (Å²) in [5.41, 5.74) is 0. The van der Waals surface area contributed by atoms with Crippen molar-refractivity contribution in [3.63, 3.8) is 0 Å². The minimum absolute atomic E-state index is 0.766. The molecular formula is C18H39N. The standard InChI is InChI=1S/C18H39N/c1-5-8-9-10-11-12-13-15-18(19-7-3)16-17(4)14-6-2/h17-19H,5-16H2,1-4H3. The maximum atomic E-state index is 3.68. The van der Waals surface area contributed by atoms with Crippen LogP contribution >= 0.6 is 0 Å². The van der Waals surface area contributed by atoms with Gasteiger partial charge in [0.15, 0.2) is 0 Å². The molecule has 0 rings (SSSR count). The summed E-state index contributed by atoms with van der Waals surface area (Å²) in [7, 11) is 0. The Hall–Kier alpha value is -0.0400. The Kier molecular flexibility index (Phi) is 14.3. The smallest absolute Gasteiger partial charge is 0.00694 e. The zero-order chi connectivity index (χ0) is 14.3. The molecule has 0 heterocycles. The number of nitrogens with one attached hydrogen (secondary N) is 1. The van der Waals surface area contributed by atoms with Crippen molar-refractivity contribution in [1.29, 1.82) is 0 Å². The van der Waals surface area contributed by atoms with Crippen molar-refractivity contribution < 1.29 is 0 Å². The first kappa shape index (κ1) is 19.0. The third-order valence-corrected chi connectivity index (χ3v) is 4.12. The highest BCUT2D eigenvalue weighted by atomic mass is 14.9. The fraction of sp³-hybridized carbons (Fsp3) is 1.00. The zero-order valence-corrected chi connectivity index (χ0v) is 14.1. The van der Waals surface area contributed by atoms with E-state index in [-0.39, 0.29) is 0 Å². The predicted molar refractivity (Wildman–Crippen MR) is 88.8 cm³/mol. The van der Waals surface area contributed by atoms with Gasteiger partial charge >= 0.3 is 0 Å². The molecule has 19 heavy (non-hydrogen) atoms. The second kappa shape index (κ2) is 14.4. The summed E-state index contributed by atoms with van der Waals surface area (Å²) >= 11 is 0. The van der Waals surface area contributed by atoms with Gasteiger partial charge in [0, 0.05) is 6.04 Å². The van der Waals surface area contributed by atoms with Gasteiger partial charge in [0.1, 0.15) is 0 Å². The monoisotopic (exact) mass is 269 g/mol. The molecule has 2 atom stereocenters. The lowest BCUT2D eigenvalue weighted by Gasteiger charge is -2.21. The van der Waals surface area contributed by atoms with Crippen molar-refractivity contribution in [2.45, 2.75) is 104 Å². The molecular weight excluding hydrogens is 230 g/mol. The molecule has 0 aliphatic heterocycles. The summed E-state index contributed by atoms with van der Waals surface area (Å²) < 4.78 is 0. The van der Waals surface area contributed by atoms with E-state index in [0.717, 1.165) is 18.5 Å². The summed E-state index contributed by atoms with van der Waals surface area (Å²) in [5.74, 6) is 0.888. The first-order valence-electron chi connectivity index (χ1n) is 8.97. The lowest BCUT2D eigenvalue weighted by molar-refractivity contribution is 0.362. The van der Waals surface area contributed by atoms with Crippen LogP contribution < -0.4 is 5.32 Å². The largest absolute Gasteiger partial charge is 0.314 e. The van der Waals surface area contributed by atoms with Crippen molar-refractivity contribution in [3.05, 3.63) is 0 Å². The van der Waals surface area contributed by atoms with Crippen LogP contribution in [0.4, 0.5) is 0 Å². The zero-order valence-electron chi connectivity index (χ0n) is 14.1. The van der Waals surface area contributed by atoms with E-state index in [9.17, 15) is 0 Å². The quantitative estimate of drug-likeness (QED) is 0.385. The molecule has 0 aliphatic carbocycles. The van der Waals surface area contributed by atoms with Gasteiger partial charge in [-0.2, -0.15) is 0 Å². The van der Waals surface area contributed by atoms with Crippen LogP contribution in [0.5, 0.6) is 0 Å². The molecule has 1 heteroatoms. The van der Waals surface area contributed by atoms with Gasteiger partial charge in [-0.25, -0.2) is 0 Å². The minimum atomic E-state index is 0.766. The Morgan fingerprint density at radius 3 is 1.95 bits per heavy atom. The van der Waals surface area contributed by atoms with E-state index in [0.29, 0.717) is 0 Å². The maximum Gasteiger partial charge on any atom is 0.00694 e. The van der Waals surface area contributed by atoms with Crippen molar-refractivity contribution >= 4 is 0 Å². The lowest BCUT2D eigenvalue weighted by Crippen LogP contribution is -2.30. The fourth-order valence-corrected chi connectivity index (χ4v) is 3.04. The van der Waals surface area contributed by atoms with E-state index in [1.165, 1.54) is 70.6 Å². The van der Waals surface area contributed by atoms with E-state index >= 15 is 0 Å². The molecule has 2 unspecified atom stereocenters. The summed E-state index contributed by atoms with van der Waals surface area (Å²) in [6.45, 7) is 10.4. The molecule has 0 spiro atoms. The average molecular weight is 270 g/mol. The number of hydrogen-bond donors (Lipinski definition) is 1. The van der Waals surface area contributed by atoms with Crippen molar-refractivity contribution in [3.8, 4) is 0 Å². The summed E-state index contributed by atoms with van der Waals surface area (Å²) in [4.78, 5) is 0. The Morgan fingerprint density at radius 2 is 1.37 bits per heavy atom. The highest BCUT2D eigenvalue weighted by molar-refractivity contribution is 4.69. The van der Waals surface area contributed by atoms with E-state index in [4.69, 9.17) is 0 Å². The van der Waals surface area contributed by atoms with E-state index in [1.54, 1.807) is 0 Å². The van der Waals surface area contributed by atoms with Crippen LogP contribution in [0.2, 0.25) is 0 Å². The maximum absolute atomic E-state index is 3.68. The molecule has 1 N–H and O–H groups in total. The summed E-state index contributed by atoms with van der Waals surface area (Å²) in [6, 6.07) is 0.766. The van der Waals surface area contributed by atoms with Crippen molar-refractivity contribution in [2.75, 3.05) is 6.54 Å². The molecule has 0 bridgehead atoms. The summed E-state index contributed by atoms with van der Waals surface area (Å²) in [6.07, 6.45) is 15.5. The van der Waals surface area contributed by atoms with E-state index in [1.807, 2.05) is 0 Å². The van der Waals surface area contributed by atoms with Gasteiger partial charge in [-0.3, -0.25) is 0 Å². The minimum Gasteiger partial charge on any atom is -0.314 e. The third-order valence-electron chi connectivity index (χ3n) is 4.12. The van der Waals surface area contributed by atoms with Gasteiger partial charge in [0.25, 0.3) is 0 Å². The number of unbranched alkanes of at least 4 members (excludes halogenated alkanes) is 6. The molecule has 0 saturated carbocycles. The fourth-order valence-electron chi connectivity index (χ4n) is 3.04. The normalized spacial score (nSPS) is 14.5. The Labute approximate surface area is 122 Å². The van der Waals surface area contributed by atoms with Crippen LogP contribution in [0.3, 0.4) is 0 Å². The molecule has 0 aromatic rings. The molecule has 0 amide bonds. The Morgan fingerprint density at radius 1 is 0.737 bits per heavy atom. The molecule has 0 fully saturated rings. The number of hydrogen-bond acceptors (Lipinski definition) is 1. The molecule has 0 saturated heterocycles. The van der Waals surface area contributed by atoms with Crippen LogP contribution in [0.15, 0.2) is 0 Å². The van der Waals surface area contributed by atoms with Crippen LogP contribution in [0, 0.1) is 5.92 Å². The van der Waals surface area contributed by atoms with Gasteiger partial charge in [0.05, 0.1) is 0 Å². The number of rotatable bonds is 14. The molecule has 1 nitrogen and oxygen atoms in total. The predicted octanol–water partition coefficient (Wildman–Crippen LogP) is 5.93. The van der Waals surface area contributed by atoms with Crippen molar-refractivity contribution in [1.82, 2.24) is 5.32 Å². The summed E-state index contributed by atoms with van der Waals surface area (Å²) in [5, 5.41) is 3.68. The van der Waals surface area contributed by atoms with Crippen LogP contribution in [-0.2, 0) is 0 Å². The van der Waals surface area contributed by atoms with Crippen LogP contribution in [0.1, 0.15) is 98.3 Å². The highest BCUT2D eigenvalue weighted by Crippen LogP contribution is 2.17. The van der Waals surface area contributed by atoms with Gasteiger partial charge in [0.2, 0.25) is 0 Å². The second-order valence-corrected chi connectivity index (χ2v) is 6.29. The first-order chi connectivity index (χ1) is 9.24. The lowest BCUT2D eigenvalue weighted by atomic mass is 9.94. The Bertz CT molecular complexity index is 167. The highest BCUT2D eigenvalue weighted by Gasteiger charge is 2.11. The van der Waals surface area contributed by atoms with Gasteiger partial charge in [-0.1, -0.05) is 85.5 Å². The topological polar surface area (TPSA) is 12.0 Å². The van der Waals surface area contributed by atoms with Crippen LogP contribution in [-0.4, -0.2) is 12.6 Å². The molecule has 0 aromatic heterocycles. The SMILES string of the molecule is CCCCCCCCCC(CC(C)CCC)NCC. The van der Waals surface area contributed by atoms with E-state index < -0.39 is 0 Å². The third kappa shape index (κ3) is 12.7. The Balaban J connectivity index is 3.58. The first-order valence-corrected chi connectivity index (χ1v) is 8.97. The van der Waals surface area contributed by atoms with E-state index in [2.05, 4.69) is 33.0 Å². The van der Waals surface area contributed by atoms with Gasteiger partial charge < -0.3 is 5.32 Å². The second-order valence-electron chi connectivity index (χ2n) is 6.29. The molecule has 0 aromatic carbocycles. The molecule has 0 radical (unpaired) electrons. The van der Waals surface area contributed by atoms with Crippen molar-refractivity contribution in [2.24, 2.45) is 5.92 Å². The average Bonchev–Trinajstić information content (AvgIpc) is 2.38. The molecule has 116 valence electrons. The molecule has 0 aliphatic rings. The van der Waals surface area contributed by atoms with Gasteiger partial charge in [-0.05, 0) is 25.3 Å². The van der Waals surface area contributed by atoms with Gasteiger partial charge in [-0.15, -0.1) is 0 Å².